The van der Waals surface area contributed by atoms with Crippen LogP contribution in [0.5, 0.6) is 0 Å². The zero-order valence-corrected chi connectivity index (χ0v) is 15.0. The Kier molecular flexibility index (Phi) is 5.53. The maximum absolute atomic E-state index is 12.6. The number of carbonyl (C=O) groups excluding carboxylic acids is 1. The fourth-order valence-corrected chi connectivity index (χ4v) is 3.08. The van der Waals surface area contributed by atoms with E-state index in [-0.39, 0.29) is 12.5 Å². The van der Waals surface area contributed by atoms with Crippen molar-refractivity contribution in [2.24, 2.45) is 5.92 Å². The summed E-state index contributed by atoms with van der Waals surface area (Å²) in [4.78, 5) is 12.6. The van der Waals surface area contributed by atoms with Gasteiger partial charge in [0.25, 0.3) is 5.91 Å². The van der Waals surface area contributed by atoms with Crippen molar-refractivity contribution in [1.82, 2.24) is 15.1 Å². The number of aliphatic hydroxyl groups is 1. The van der Waals surface area contributed by atoms with E-state index in [4.69, 9.17) is 5.11 Å². The van der Waals surface area contributed by atoms with Crippen molar-refractivity contribution in [3.05, 3.63) is 52.8 Å². The van der Waals surface area contributed by atoms with Crippen LogP contribution in [0.15, 0.2) is 30.5 Å². The number of aliphatic hydroxyl groups excluding tert-OH is 1. The zero-order valence-electron chi connectivity index (χ0n) is 15.0. The van der Waals surface area contributed by atoms with E-state index >= 15 is 0 Å². The van der Waals surface area contributed by atoms with Gasteiger partial charge in [-0.2, -0.15) is 5.10 Å². The highest BCUT2D eigenvalue weighted by Gasteiger charge is 2.32. The van der Waals surface area contributed by atoms with Crippen LogP contribution in [0.4, 0.5) is 0 Å². The zero-order chi connectivity index (χ0) is 17.8. The Morgan fingerprint density at radius 3 is 2.56 bits per heavy atom. The van der Waals surface area contributed by atoms with Crippen LogP contribution in [-0.4, -0.2) is 27.3 Å². The number of nitrogens with zero attached hydrogens (tertiary/aromatic N) is 2. The van der Waals surface area contributed by atoms with Gasteiger partial charge in [-0.25, -0.2) is 0 Å². The summed E-state index contributed by atoms with van der Waals surface area (Å²) in [6.07, 6.45) is 4.81. The van der Waals surface area contributed by atoms with Crippen molar-refractivity contribution in [2.75, 3.05) is 6.54 Å². The van der Waals surface area contributed by atoms with Gasteiger partial charge in [0.15, 0.2) is 0 Å². The van der Waals surface area contributed by atoms with Crippen molar-refractivity contribution in [2.45, 2.75) is 52.2 Å². The first kappa shape index (κ1) is 17.7. The minimum atomic E-state index is -0.0242. The number of carbonyl (C=O) groups is 1. The molecule has 0 unspecified atom stereocenters. The lowest BCUT2D eigenvalue weighted by Crippen LogP contribution is -2.26. The molecule has 0 saturated heterocycles. The van der Waals surface area contributed by atoms with E-state index in [1.54, 1.807) is 6.20 Å². The molecule has 0 radical (unpaired) electrons. The van der Waals surface area contributed by atoms with Crippen LogP contribution in [0.25, 0.3) is 0 Å². The van der Waals surface area contributed by atoms with E-state index in [1.165, 1.54) is 0 Å². The Hall–Kier alpha value is -2.14. The molecule has 1 amide bonds. The van der Waals surface area contributed by atoms with Crippen molar-refractivity contribution < 1.29 is 9.90 Å². The van der Waals surface area contributed by atoms with Gasteiger partial charge in [0.2, 0.25) is 0 Å². The fraction of sp³-hybridized carbons (Fsp3) is 0.500. The molecule has 0 atom stereocenters. The number of rotatable bonds is 8. The van der Waals surface area contributed by atoms with Crippen molar-refractivity contribution in [1.29, 1.82) is 0 Å². The lowest BCUT2D eigenvalue weighted by molar-refractivity contribution is 0.0953. The average molecular weight is 341 g/mol. The minimum Gasteiger partial charge on any atom is -0.392 e. The summed E-state index contributed by atoms with van der Waals surface area (Å²) in [5, 5.41) is 16.6. The second-order valence-corrected chi connectivity index (χ2v) is 7.27. The number of hydrogen-bond donors (Lipinski definition) is 2. The summed E-state index contributed by atoms with van der Waals surface area (Å²) in [5.74, 6) is 0.979. The molecule has 1 heterocycles. The van der Waals surface area contributed by atoms with Gasteiger partial charge in [0.1, 0.15) is 0 Å². The van der Waals surface area contributed by atoms with Gasteiger partial charge in [-0.1, -0.05) is 38.1 Å². The molecule has 3 rings (SSSR count). The van der Waals surface area contributed by atoms with Crippen LogP contribution in [0.3, 0.4) is 0 Å². The molecule has 0 spiro atoms. The number of aromatic nitrogens is 2. The Balaban J connectivity index is 1.60. The van der Waals surface area contributed by atoms with Gasteiger partial charge < -0.3 is 10.4 Å². The second-order valence-electron chi connectivity index (χ2n) is 7.27. The van der Waals surface area contributed by atoms with E-state index in [1.807, 2.05) is 28.9 Å². The van der Waals surface area contributed by atoms with E-state index in [0.717, 1.165) is 48.2 Å². The Morgan fingerprint density at radius 2 is 1.96 bits per heavy atom. The number of amides is 1. The first-order chi connectivity index (χ1) is 12.1. The highest BCUT2D eigenvalue weighted by atomic mass is 16.3. The molecule has 1 aliphatic rings. The van der Waals surface area contributed by atoms with Gasteiger partial charge in [-0.3, -0.25) is 9.48 Å². The number of benzene rings is 1. The average Bonchev–Trinajstić information content (AvgIpc) is 3.35. The van der Waals surface area contributed by atoms with Gasteiger partial charge in [-0.15, -0.1) is 0 Å². The standard InChI is InChI=1S/C20H27N3O2/c1-14(2)12-23-19(17-7-8-17)18(11-22-23)20(25)21-10-9-15-3-5-16(13-24)6-4-15/h3-6,11,14,17,24H,7-10,12-13H2,1-2H3,(H,21,25). The number of nitrogens with one attached hydrogen (secondary N) is 1. The summed E-state index contributed by atoms with van der Waals surface area (Å²) in [6, 6.07) is 7.82. The van der Waals surface area contributed by atoms with Crippen LogP contribution < -0.4 is 5.32 Å². The first-order valence-corrected chi connectivity index (χ1v) is 9.11. The Labute approximate surface area is 149 Å². The molecule has 1 aromatic heterocycles. The van der Waals surface area contributed by atoms with Crippen LogP contribution in [0.2, 0.25) is 0 Å². The largest absolute Gasteiger partial charge is 0.392 e. The van der Waals surface area contributed by atoms with Crippen molar-refractivity contribution >= 4 is 5.91 Å². The summed E-state index contributed by atoms with van der Waals surface area (Å²) >= 11 is 0. The number of hydrogen-bond acceptors (Lipinski definition) is 3. The van der Waals surface area contributed by atoms with E-state index < -0.39 is 0 Å². The highest BCUT2D eigenvalue weighted by molar-refractivity contribution is 5.95. The Bertz CT molecular complexity index is 715. The maximum atomic E-state index is 12.6. The molecule has 2 aromatic rings. The molecule has 2 N–H and O–H groups in total. The molecule has 1 aromatic carbocycles. The Morgan fingerprint density at radius 1 is 1.28 bits per heavy atom. The van der Waals surface area contributed by atoms with E-state index in [2.05, 4.69) is 24.3 Å². The molecule has 0 aliphatic heterocycles. The third-order valence-electron chi connectivity index (χ3n) is 4.53. The second kappa shape index (κ2) is 7.83. The smallest absolute Gasteiger partial charge is 0.254 e. The SMILES string of the molecule is CC(C)Cn1ncc(C(=O)NCCc2ccc(CO)cc2)c1C1CC1. The van der Waals surface area contributed by atoms with Crippen molar-refractivity contribution in [3.8, 4) is 0 Å². The molecular weight excluding hydrogens is 314 g/mol. The van der Waals surface area contributed by atoms with E-state index in [0.29, 0.717) is 18.4 Å². The van der Waals surface area contributed by atoms with Crippen LogP contribution in [-0.2, 0) is 19.6 Å². The van der Waals surface area contributed by atoms with E-state index in [9.17, 15) is 4.79 Å². The van der Waals surface area contributed by atoms with Gasteiger partial charge in [-0.05, 0) is 36.3 Å². The highest BCUT2D eigenvalue weighted by Crippen LogP contribution is 2.41. The first-order valence-electron chi connectivity index (χ1n) is 9.11. The molecule has 5 heteroatoms. The molecule has 134 valence electrons. The third kappa shape index (κ3) is 4.48. The predicted molar refractivity (Wildman–Crippen MR) is 97.4 cm³/mol. The summed E-state index contributed by atoms with van der Waals surface area (Å²) in [5.41, 5.74) is 3.90. The molecule has 1 saturated carbocycles. The minimum absolute atomic E-state index is 0.0242. The lowest BCUT2D eigenvalue weighted by atomic mass is 10.1. The molecule has 5 nitrogen and oxygen atoms in total. The summed E-state index contributed by atoms with van der Waals surface area (Å²) in [6.45, 7) is 5.84. The molecule has 1 fully saturated rings. The van der Waals surface area contributed by atoms with Crippen LogP contribution in [0, 0.1) is 5.92 Å². The molecular formula is C20H27N3O2. The van der Waals surface area contributed by atoms with Gasteiger partial charge in [0.05, 0.1) is 24.1 Å². The van der Waals surface area contributed by atoms with Crippen molar-refractivity contribution in [3.63, 3.8) is 0 Å². The van der Waals surface area contributed by atoms with Crippen LogP contribution in [0.1, 0.15) is 59.8 Å². The molecule has 25 heavy (non-hydrogen) atoms. The lowest BCUT2D eigenvalue weighted by Gasteiger charge is -2.11. The van der Waals surface area contributed by atoms with Crippen LogP contribution >= 0.6 is 0 Å². The predicted octanol–water partition coefficient (Wildman–Crippen LogP) is 2.88. The quantitative estimate of drug-likeness (QED) is 0.776. The third-order valence-corrected chi connectivity index (χ3v) is 4.53. The summed E-state index contributed by atoms with van der Waals surface area (Å²) < 4.78 is 2.02. The maximum Gasteiger partial charge on any atom is 0.254 e. The fourth-order valence-electron chi connectivity index (χ4n) is 3.08. The normalized spacial score (nSPS) is 14.1. The van der Waals surface area contributed by atoms with Gasteiger partial charge >= 0.3 is 0 Å². The monoisotopic (exact) mass is 341 g/mol. The molecule has 0 bridgehead atoms. The van der Waals surface area contributed by atoms with Gasteiger partial charge in [0, 0.05) is 19.0 Å². The summed E-state index contributed by atoms with van der Waals surface area (Å²) in [7, 11) is 0. The topological polar surface area (TPSA) is 67.2 Å². The molecule has 1 aliphatic carbocycles.